The Balaban J connectivity index is 4.60. The Bertz CT molecular complexity index is 1150. The van der Waals surface area contributed by atoms with Crippen molar-refractivity contribution < 1.29 is 61.6 Å². The molecule has 0 aromatic heterocycles. The summed E-state index contributed by atoms with van der Waals surface area (Å²) in [6.45, 7) is 1.71. The van der Waals surface area contributed by atoms with Crippen molar-refractivity contribution in [2.45, 2.75) is 193 Å². The maximum absolute atomic E-state index is 12.6. The highest BCUT2D eigenvalue weighted by Gasteiger charge is 2.28. The molecule has 0 aliphatic rings. The third-order valence-electron chi connectivity index (χ3n) is 9.02. The Hall–Kier alpha value is -1.66. The normalized spacial score (nSPS) is 14.4. The monoisotopic (exact) mass is 852 g/mol. The van der Waals surface area contributed by atoms with E-state index in [2.05, 4.69) is 47.2 Å². The lowest BCUT2D eigenvalue weighted by Gasteiger charge is -2.20. The van der Waals surface area contributed by atoms with Gasteiger partial charge < -0.3 is 29.3 Å². The van der Waals surface area contributed by atoms with Crippen LogP contribution in [-0.2, 0) is 41.8 Å². The molecule has 0 radical (unpaired) electrons. The van der Waals surface area contributed by atoms with Gasteiger partial charge in [-0.25, -0.2) is 9.13 Å². The zero-order chi connectivity index (χ0) is 42.3. The molecule has 13 nitrogen and oxygen atoms in total. The fourth-order valence-corrected chi connectivity index (χ4v) is 6.87. The molecule has 0 saturated carbocycles. The summed E-state index contributed by atoms with van der Waals surface area (Å²) in [5.74, 6) is -1.09. The predicted molar refractivity (Wildman–Crippen MR) is 225 cm³/mol. The maximum atomic E-state index is 12.6. The highest BCUT2D eigenvalue weighted by molar-refractivity contribution is 7.47. The number of unbranched alkanes of at least 4 members (excludes halogenated alkanes) is 19. The smallest absolute Gasteiger partial charge is 0.462 e. The van der Waals surface area contributed by atoms with Crippen molar-refractivity contribution >= 4 is 27.6 Å². The zero-order valence-corrected chi connectivity index (χ0v) is 37.0. The molecule has 57 heavy (non-hydrogen) atoms. The Labute approximate surface area is 344 Å². The minimum atomic E-state index is -4.86. The number of aliphatic hydroxyl groups excluding tert-OH is 1. The first-order valence-corrected chi connectivity index (χ1v) is 24.7. The van der Waals surface area contributed by atoms with Crippen LogP contribution in [0.25, 0.3) is 0 Å². The average molecular weight is 853 g/mol. The molecule has 0 aliphatic carbocycles. The van der Waals surface area contributed by atoms with Gasteiger partial charge in [0.2, 0.25) is 0 Å². The molecule has 334 valence electrons. The van der Waals surface area contributed by atoms with E-state index in [-0.39, 0.29) is 12.8 Å². The number of rotatable bonds is 41. The minimum Gasteiger partial charge on any atom is -0.462 e. The lowest BCUT2D eigenvalue weighted by Crippen LogP contribution is -2.29. The second kappa shape index (κ2) is 38.5. The third kappa shape index (κ3) is 42.3. The molecular weight excluding hydrogens is 774 g/mol. The predicted octanol–water partition coefficient (Wildman–Crippen LogP) is 10.9. The number of hydrogen-bond donors (Lipinski definition) is 4. The van der Waals surface area contributed by atoms with E-state index in [1.165, 1.54) is 96.3 Å². The van der Waals surface area contributed by atoms with E-state index in [1.807, 2.05) is 12.2 Å². The van der Waals surface area contributed by atoms with Gasteiger partial charge in [-0.1, -0.05) is 159 Å². The Morgan fingerprint density at radius 3 is 1.46 bits per heavy atom. The van der Waals surface area contributed by atoms with E-state index < -0.39 is 66.2 Å². The first-order valence-electron chi connectivity index (χ1n) is 21.7. The molecule has 0 bridgehead atoms. The minimum absolute atomic E-state index is 0.0615. The number of esters is 2. The summed E-state index contributed by atoms with van der Waals surface area (Å²) in [5.41, 5.74) is 0. The molecule has 4 N–H and O–H groups in total. The fourth-order valence-electron chi connectivity index (χ4n) is 5.72. The average Bonchev–Trinajstić information content (AvgIpc) is 3.17. The molecule has 0 aromatic rings. The number of aliphatic hydroxyl groups is 1. The van der Waals surface area contributed by atoms with Gasteiger partial charge in [-0.15, -0.1) is 0 Å². The summed E-state index contributed by atoms with van der Waals surface area (Å²) in [4.78, 5) is 52.6. The van der Waals surface area contributed by atoms with Crippen molar-refractivity contribution in [2.75, 3.05) is 26.4 Å². The van der Waals surface area contributed by atoms with Gasteiger partial charge in [0.15, 0.2) is 6.10 Å². The summed E-state index contributed by atoms with van der Waals surface area (Å²) >= 11 is 0. The van der Waals surface area contributed by atoms with Crippen molar-refractivity contribution in [3.63, 3.8) is 0 Å². The topological polar surface area (TPSA) is 195 Å². The molecule has 0 rings (SSSR count). The van der Waals surface area contributed by atoms with Crippen molar-refractivity contribution in [1.82, 2.24) is 0 Å². The van der Waals surface area contributed by atoms with Gasteiger partial charge in [0.05, 0.1) is 19.8 Å². The summed E-state index contributed by atoms with van der Waals surface area (Å²) in [6, 6.07) is 0. The van der Waals surface area contributed by atoms with Crippen LogP contribution in [0.2, 0.25) is 0 Å². The molecular formula is C42H78O13P2. The molecule has 3 atom stereocenters. The van der Waals surface area contributed by atoms with Gasteiger partial charge in [-0.05, 0) is 44.9 Å². The van der Waals surface area contributed by atoms with Crippen molar-refractivity contribution in [3.8, 4) is 0 Å². The number of carbonyl (C=O) groups excluding carboxylic acids is 2. The Morgan fingerprint density at radius 1 is 0.509 bits per heavy atom. The summed E-state index contributed by atoms with van der Waals surface area (Å²) in [5, 5.41) is 9.73. The summed E-state index contributed by atoms with van der Waals surface area (Å²) in [6.07, 6.45) is 37.2. The van der Waals surface area contributed by atoms with Crippen molar-refractivity contribution in [1.29, 1.82) is 0 Å². The number of hydrogen-bond acceptors (Lipinski definition) is 10. The molecule has 0 heterocycles. The highest BCUT2D eigenvalue weighted by Crippen LogP contribution is 2.43. The van der Waals surface area contributed by atoms with Crippen LogP contribution in [0.1, 0.15) is 181 Å². The molecule has 0 spiro atoms. The summed E-state index contributed by atoms with van der Waals surface area (Å²) < 4.78 is 47.7. The van der Waals surface area contributed by atoms with Crippen molar-refractivity contribution in [3.05, 3.63) is 36.5 Å². The molecule has 0 amide bonds. The molecule has 0 aromatic carbocycles. The largest absolute Gasteiger partial charge is 0.472 e. The van der Waals surface area contributed by atoms with Gasteiger partial charge in [0.1, 0.15) is 12.7 Å². The first-order chi connectivity index (χ1) is 27.4. The van der Waals surface area contributed by atoms with Crippen LogP contribution in [0.15, 0.2) is 36.5 Å². The number of phosphoric ester groups is 2. The molecule has 0 aliphatic heterocycles. The number of carbonyl (C=O) groups is 2. The van der Waals surface area contributed by atoms with Crippen LogP contribution >= 0.6 is 15.6 Å². The Kier molecular flexibility index (Phi) is 37.4. The third-order valence-corrected chi connectivity index (χ3v) is 10.5. The van der Waals surface area contributed by atoms with Gasteiger partial charge >= 0.3 is 27.6 Å². The Morgan fingerprint density at radius 2 is 0.930 bits per heavy atom. The number of phosphoric acid groups is 2. The van der Waals surface area contributed by atoms with E-state index >= 15 is 0 Å². The van der Waals surface area contributed by atoms with E-state index in [0.717, 1.165) is 38.5 Å². The summed E-state index contributed by atoms with van der Waals surface area (Å²) in [7, 11) is -9.68. The molecule has 0 saturated heterocycles. The zero-order valence-electron chi connectivity index (χ0n) is 35.2. The van der Waals surface area contributed by atoms with Crippen LogP contribution < -0.4 is 0 Å². The molecule has 1 unspecified atom stereocenters. The highest BCUT2D eigenvalue weighted by atomic mass is 31.2. The second-order valence-electron chi connectivity index (χ2n) is 14.6. The van der Waals surface area contributed by atoms with Crippen molar-refractivity contribution in [2.24, 2.45) is 0 Å². The first kappa shape index (κ1) is 55.3. The van der Waals surface area contributed by atoms with Gasteiger partial charge in [-0.3, -0.25) is 23.2 Å². The number of allylic oxidation sites excluding steroid dienone is 6. The molecule has 0 fully saturated rings. The van der Waals surface area contributed by atoms with Crippen LogP contribution in [-0.4, -0.2) is 70.4 Å². The van der Waals surface area contributed by atoms with E-state index in [9.17, 15) is 28.7 Å². The SMILES string of the molecule is CCCCCCCC/C=C\C/C=C\C/C=C\CCCC(=O)O[C@H](COC(=O)CCCCCCCCCCCCCCC)COP(=O)(O)OC[C@@H](O)COP(=O)(O)O. The van der Waals surface area contributed by atoms with E-state index in [1.54, 1.807) is 0 Å². The van der Waals surface area contributed by atoms with Gasteiger partial charge in [0.25, 0.3) is 0 Å². The van der Waals surface area contributed by atoms with Crippen LogP contribution in [0.3, 0.4) is 0 Å². The van der Waals surface area contributed by atoms with Crippen LogP contribution in [0.5, 0.6) is 0 Å². The van der Waals surface area contributed by atoms with Crippen LogP contribution in [0, 0.1) is 0 Å². The lowest BCUT2D eigenvalue weighted by molar-refractivity contribution is -0.161. The molecule has 15 heteroatoms. The lowest BCUT2D eigenvalue weighted by atomic mass is 10.0. The standard InChI is InChI=1S/C42H78O13P2/c1-3-5-7-9-11-13-15-17-18-19-20-22-24-26-28-30-32-34-42(45)55-40(38-54-57(49,50)53-36-39(43)35-52-56(46,47)48)37-51-41(44)33-31-29-27-25-23-21-16-14-12-10-8-6-4-2/h17-18,20,22,26,28,39-40,43H,3-16,19,21,23-25,27,29-38H2,1-2H3,(H,49,50)(H2,46,47,48)/b18-17-,22-20-,28-26-/t39-,40+/m0/s1. The quantitative estimate of drug-likeness (QED) is 0.0196. The second-order valence-corrected chi connectivity index (χ2v) is 17.3. The van der Waals surface area contributed by atoms with Crippen LogP contribution in [0.4, 0.5) is 0 Å². The van der Waals surface area contributed by atoms with E-state index in [0.29, 0.717) is 19.3 Å². The van der Waals surface area contributed by atoms with Gasteiger partial charge in [-0.2, -0.15) is 0 Å². The van der Waals surface area contributed by atoms with E-state index in [4.69, 9.17) is 23.8 Å². The maximum Gasteiger partial charge on any atom is 0.472 e. The fraction of sp³-hybridized carbons (Fsp3) is 0.810. The van der Waals surface area contributed by atoms with Gasteiger partial charge in [0, 0.05) is 12.8 Å². The number of ether oxygens (including phenoxy) is 2.